The number of ether oxygens (including phenoxy) is 2. The summed E-state index contributed by atoms with van der Waals surface area (Å²) in [5, 5.41) is 3.96. The van der Waals surface area contributed by atoms with E-state index < -0.39 is 0 Å². The van der Waals surface area contributed by atoms with Gasteiger partial charge in [-0.25, -0.2) is 0 Å². The quantitative estimate of drug-likeness (QED) is 0.822. The van der Waals surface area contributed by atoms with Crippen LogP contribution in [0.5, 0.6) is 11.5 Å². The number of methoxy groups -OCH3 is 2. The van der Waals surface area contributed by atoms with Crippen molar-refractivity contribution < 1.29 is 14.3 Å². The number of nitrogens with zero attached hydrogens (tertiary/aromatic N) is 1. The van der Waals surface area contributed by atoms with Gasteiger partial charge in [0.2, 0.25) is 0 Å². The fraction of sp³-hybridized carbons (Fsp3) is 0.412. The van der Waals surface area contributed by atoms with E-state index in [4.69, 9.17) is 21.1 Å². The van der Waals surface area contributed by atoms with E-state index >= 15 is 0 Å². The Labute approximate surface area is 150 Å². The maximum absolute atomic E-state index is 12.2. The first-order chi connectivity index (χ1) is 11.6. The van der Waals surface area contributed by atoms with Gasteiger partial charge in [-0.1, -0.05) is 24.4 Å². The molecule has 24 heavy (non-hydrogen) atoms. The summed E-state index contributed by atoms with van der Waals surface area (Å²) in [5.74, 6) is 0.871. The predicted molar refractivity (Wildman–Crippen MR) is 98.0 cm³/mol. The first-order valence-corrected chi connectivity index (χ1v) is 9.00. The van der Waals surface area contributed by atoms with Crippen molar-refractivity contribution in [3.05, 3.63) is 27.6 Å². The Hall–Kier alpha value is -1.66. The average Bonchev–Trinajstić information content (AvgIpc) is 3.17. The maximum atomic E-state index is 12.2. The third kappa shape index (κ3) is 3.70. The normalized spacial score (nSPS) is 21.5. The van der Waals surface area contributed by atoms with Gasteiger partial charge in [0.25, 0.3) is 5.91 Å². The number of thioether (sulfide) groups is 1. The number of aliphatic imine (C=N–C) groups is 1. The Kier molecular flexibility index (Phi) is 5.36. The van der Waals surface area contributed by atoms with Crippen molar-refractivity contribution in [2.24, 2.45) is 4.99 Å². The standard InChI is InChI=1S/C17H19ClN2O3S/c1-22-13-8-10(7-12(18)15(13)23-2)9-14-16(21)20-17(24-14)19-11-5-3-4-6-11/h7-9,11H,3-6H2,1-2H3,(H,19,20,21). The van der Waals surface area contributed by atoms with Crippen LogP contribution in [0, 0.1) is 0 Å². The third-order valence-corrected chi connectivity index (χ3v) is 5.23. The van der Waals surface area contributed by atoms with Crippen LogP contribution in [0.1, 0.15) is 31.2 Å². The zero-order valence-corrected chi connectivity index (χ0v) is 15.2. The minimum Gasteiger partial charge on any atom is -0.493 e. The van der Waals surface area contributed by atoms with Crippen LogP contribution in [-0.2, 0) is 4.79 Å². The Morgan fingerprint density at radius 3 is 2.71 bits per heavy atom. The number of hydrogen-bond donors (Lipinski definition) is 1. The summed E-state index contributed by atoms with van der Waals surface area (Å²) >= 11 is 7.58. The molecular weight excluding hydrogens is 348 g/mol. The summed E-state index contributed by atoms with van der Waals surface area (Å²) in [6, 6.07) is 3.87. The van der Waals surface area contributed by atoms with E-state index in [1.807, 2.05) is 0 Å². The molecule has 2 fully saturated rings. The van der Waals surface area contributed by atoms with Gasteiger partial charge in [-0.05, 0) is 48.4 Å². The number of halogens is 1. The molecule has 0 bridgehead atoms. The number of amidine groups is 1. The summed E-state index contributed by atoms with van der Waals surface area (Å²) in [6.07, 6.45) is 6.42. The Morgan fingerprint density at radius 2 is 2.04 bits per heavy atom. The van der Waals surface area contributed by atoms with E-state index in [0.29, 0.717) is 32.6 Å². The molecule has 1 N–H and O–H groups in total. The molecule has 2 aliphatic rings. The first kappa shape index (κ1) is 17.2. The van der Waals surface area contributed by atoms with Gasteiger partial charge in [-0.3, -0.25) is 9.79 Å². The SMILES string of the molecule is COc1cc(C=C2SC(=NC3CCCC3)NC2=O)cc(Cl)c1OC. The lowest BCUT2D eigenvalue weighted by Gasteiger charge is -2.10. The summed E-state index contributed by atoms with van der Waals surface area (Å²) < 4.78 is 10.5. The van der Waals surface area contributed by atoms with Gasteiger partial charge in [0.15, 0.2) is 16.7 Å². The molecule has 1 aromatic carbocycles. The number of amides is 1. The van der Waals surface area contributed by atoms with Gasteiger partial charge in [-0.15, -0.1) is 0 Å². The molecule has 0 aromatic heterocycles. The van der Waals surface area contributed by atoms with Gasteiger partial charge in [0.05, 0.1) is 30.2 Å². The van der Waals surface area contributed by atoms with Crippen LogP contribution in [0.3, 0.4) is 0 Å². The largest absolute Gasteiger partial charge is 0.493 e. The summed E-state index contributed by atoms with van der Waals surface area (Å²) in [5.41, 5.74) is 0.775. The van der Waals surface area contributed by atoms with Crippen molar-refractivity contribution in [2.75, 3.05) is 14.2 Å². The lowest BCUT2D eigenvalue weighted by atomic mass is 10.2. The zero-order valence-electron chi connectivity index (χ0n) is 13.6. The Morgan fingerprint density at radius 1 is 1.29 bits per heavy atom. The van der Waals surface area contributed by atoms with E-state index in [2.05, 4.69) is 10.3 Å². The summed E-state index contributed by atoms with van der Waals surface area (Å²) in [6.45, 7) is 0. The highest BCUT2D eigenvalue weighted by molar-refractivity contribution is 8.18. The van der Waals surface area contributed by atoms with Crippen molar-refractivity contribution in [3.63, 3.8) is 0 Å². The van der Waals surface area contributed by atoms with Gasteiger partial charge in [0, 0.05) is 0 Å². The second kappa shape index (κ2) is 7.49. The van der Waals surface area contributed by atoms with E-state index in [1.165, 1.54) is 31.7 Å². The van der Waals surface area contributed by atoms with Crippen molar-refractivity contribution in [3.8, 4) is 11.5 Å². The van der Waals surface area contributed by atoms with Crippen molar-refractivity contribution in [1.82, 2.24) is 5.32 Å². The molecule has 1 aliphatic heterocycles. The van der Waals surface area contributed by atoms with Crippen LogP contribution in [-0.4, -0.2) is 31.3 Å². The van der Waals surface area contributed by atoms with Crippen LogP contribution >= 0.6 is 23.4 Å². The van der Waals surface area contributed by atoms with Crippen molar-refractivity contribution >= 4 is 40.5 Å². The van der Waals surface area contributed by atoms with E-state index in [0.717, 1.165) is 18.4 Å². The van der Waals surface area contributed by atoms with E-state index in [-0.39, 0.29) is 5.91 Å². The number of hydrogen-bond acceptors (Lipinski definition) is 5. The highest BCUT2D eigenvalue weighted by Gasteiger charge is 2.26. The highest BCUT2D eigenvalue weighted by Crippen LogP contribution is 2.37. The topological polar surface area (TPSA) is 59.9 Å². The second-order valence-corrected chi connectivity index (χ2v) is 7.11. The molecular formula is C17H19ClN2O3S. The van der Waals surface area contributed by atoms with E-state index in [1.54, 1.807) is 25.3 Å². The molecule has 1 heterocycles. The minimum atomic E-state index is -0.136. The van der Waals surface area contributed by atoms with Gasteiger partial charge in [0.1, 0.15) is 0 Å². The monoisotopic (exact) mass is 366 g/mol. The van der Waals surface area contributed by atoms with Crippen molar-refractivity contribution in [1.29, 1.82) is 0 Å². The minimum absolute atomic E-state index is 0.136. The van der Waals surface area contributed by atoms with Crippen LogP contribution < -0.4 is 14.8 Å². The second-order valence-electron chi connectivity index (χ2n) is 5.68. The molecule has 7 heteroatoms. The van der Waals surface area contributed by atoms with Crippen LogP contribution in [0.25, 0.3) is 6.08 Å². The van der Waals surface area contributed by atoms with Gasteiger partial charge < -0.3 is 14.8 Å². The van der Waals surface area contributed by atoms with Gasteiger partial charge >= 0.3 is 0 Å². The van der Waals surface area contributed by atoms with Crippen molar-refractivity contribution in [2.45, 2.75) is 31.7 Å². The summed E-state index contributed by atoms with van der Waals surface area (Å²) in [4.78, 5) is 17.4. The fourth-order valence-electron chi connectivity index (χ4n) is 2.86. The molecule has 1 saturated heterocycles. The molecule has 1 aliphatic carbocycles. The van der Waals surface area contributed by atoms with Crippen LogP contribution in [0.15, 0.2) is 22.0 Å². The van der Waals surface area contributed by atoms with Crippen LogP contribution in [0.2, 0.25) is 5.02 Å². The van der Waals surface area contributed by atoms with Gasteiger partial charge in [-0.2, -0.15) is 0 Å². The number of rotatable bonds is 4. The number of nitrogens with one attached hydrogen (secondary N) is 1. The molecule has 1 saturated carbocycles. The molecule has 0 spiro atoms. The fourth-order valence-corrected chi connectivity index (χ4v) is 4.05. The Bertz CT molecular complexity index is 712. The smallest absolute Gasteiger partial charge is 0.264 e. The Balaban J connectivity index is 1.83. The highest BCUT2D eigenvalue weighted by atomic mass is 35.5. The molecule has 1 aromatic rings. The maximum Gasteiger partial charge on any atom is 0.264 e. The molecule has 3 rings (SSSR count). The zero-order chi connectivity index (χ0) is 17.1. The number of benzene rings is 1. The van der Waals surface area contributed by atoms with Crippen LogP contribution in [0.4, 0.5) is 0 Å². The summed E-state index contributed by atoms with van der Waals surface area (Å²) in [7, 11) is 3.09. The third-order valence-electron chi connectivity index (χ3n) is 4.03. The first-order valence-electron chi connectivity index (χ1n) is 7.81. The lowest BCUT2D eigenvalue weighted by molar-refractivity contribution is -0.115. The molecule has 0 unspecified atom stereocenters. The molecule has 5 nitrogen and oxygen atoms in total. The molecule has 1 amide bonds. The lowest BCUT2D eigenvalue weighted by Crippen LogP contribution is -2.21. The predicted octanol–water partition coefficient (Wildman–Crippen LogP) is 3.86. The average molecular weight is 367 g/mol. The molecule has 128 valence electrons. The number of carbonyl (C=O) groups is 1. The number of carbonyl (C=O) groups excluding carboxylic acids is 1. The molecule has 0 atom stereocenters. The van der Waals surface area contributed by atoms with E-state index in [9.17, 15) is 4.79 Å². The molecule has 0 radical (unpaired) electrons.